The van der Waals surface area contributed by atoms with Crippen LogP contribution in [0.1, 0.15) is 29.8 Å². The first-order valence-electron chi connectivity index (χ1n) is 5.43. The Balaban J connectivity index is 1.97. The molecule has 1 saturated carbocycles. The Bertz CT molecular complexity index is 377. The SMILES string of the molecule is CNc1cc(C(=O)N[C@@H]2CCC[C@@H]2O)[nH]n1. The van der Waals surface area contributed by atoms with Gasteiger partial charge < -0.3 is 15.7 Å². The molecule has 0 aliphatic heterocycles. The molecule has 1 fully saturated rings. The number of rotatable bonds is 3. The van der Waals surface area contributed by atoms with Crippen LogP contribution in [0.25, 0.3) is 0 Å². The van der Waals surface area contributed by atoms with Gasteiger partial charge in [-0.3, -0.25) is 9.89 Å². The van der Waals surface area contributed by atoms with Gasteiger partial charge in [-0.2, -0.15) is 5.10 Å². The molecular formula is C10H16N4O2. The molecule has 16 heavy (non-hydrogen) atoms. The number of carbonyl (C=O) groups is 1. The molecule has 6 nitrogen and oxygen atoms in total. The monoisotopic (exact) mass is 224 g/mol. The summed E-state index contributed by atoms with van der Waals surface area (Å²) >= 11 is 0. The second-order valence-corrected chi connectivity index (χ2v) is 4.00. The first-order valence-corrected chi connectivity index (χ1v) is 5.43. The number of aliphatic hydroxyl groups excluding tert-OH is 1. The first-order chi connectivity index (χ1) is 7.70. The van der Waals surface area contributed by atoms with Gasteiger partial charge in [0.15, 0.2) is 0 Å². The summed E-state index contributed by atoms with van der Waals surface area (Å²) in [5, 5.41) is 21.7. The maximum Gasteiger partial charge on any atom is 0.269 e. The molecule has 0 spiro atoms. The third kappa shape index (κ3) is 2.16. The number of hydrogen-bond donors (Lipinski definition) is 4. The number of aromatic amines is 1. The summed E-state index contributed by atoms with van der Waals surface area (Å²) in [6.45, 7) is 0. The molecule has 1 aromatic heterocycles. The molecular weight excluding hydrogens is 208 g/mol. The highest BCUT2D eigenvalue weighted by molar-refractivity contribution is 5.93. The van der Waals surface area contributed by atoms with Crippen LogP contribution in [-0.4, -0.2) is 40.4 Å². The Kier molecular flexibility index (Phi) is 3.09. The molecule has 0 radical (unpaired) electrons. The standard InChI is InChI=1S/C10H16N4O2/c1-11-9-5-7(13-14-9)10(16)12-6-3-2-4-8(6)15/h5-6,8,15H,2-4H2,1H3,(H,12,16)(H2,11,13,14)/t6-,8+/m1/s1. The molecule has 1 aromatic rings. The van der Waals surface area contributed by atoms with Crippen LogP contribution in [0, 0.1) is 0 Å². The largest absolute Gasteiger partial charge is 0.391 e. The summed E-state index contributed by atoms with van der Waals surface area (Å²) in [6, 6.07) is 1.50. The van der Waals surface area contributed by atoms with Crippen LogP contribution >= 0.6 is 0 Å². The fraction of sp³-hybridized carbons (Fsp3) is 0.600. The van der Waals surface area contributed by atoms with Crippen LogP contribution in [0.4, 0.5) is 5.82 Å². The zero-order chi connectivity index (χ0) is 11.5. The van der Waals surface area contributed by atoms with E-state index in [4.69, 9.17) is 0 Å². The third-order valence-corrected chi connectivity index (χ3v) is 2.87. The van der Waals surface area contributed by atoms with E-state index in [1.807, 2.05) is 0 Å². The first kappa shape index (κ1) is 10.9. The van der Waals surface area contributed by atoms with Gasteiger partial charge in [0.2, 0.25) is 0 Å². The fourth-order valence-electron chi connectivity index (χ4n) is 1.92. The summed E-state index contributed by atoms with van der Waals surface area (Å²) in [7, 11) is 1.73. The average Bonchev–Trinajstić information content (AvgIpc) is 2.88. The molecule has 0 bridgehead atoms. The lowest BCUT2D eigenvalue weighted by Gasteiger charge is -2.15. The van der Waals surface area contributed by atoms with E-state index in [2.05, 4.69) is 20.8 Å². The molecule has 1 amide bonds. The number of aromatic nitrogens is 2. The number of carbonyl (C=O) groups excluding carboxylic acids is 1. The number of hydrogen-bond acceptors (Lipinski definition) is 4. The number of nitrogens with one attached hydrogen (secondary N) is 3. The predicted octanol–water partition coefficient (Wildman–Crippen LogP) is 0.0946. The van der Waals surface area contributed by atoms with E-state index in [-0.39, 0.29) is 11.9 Å². The van der Waals surface area contributed by atoms with Crippen LogP contribution < -0.4 is 10.6 Å². The Morgan fingerprint density at radius 3 is 3.00 bits per heavy atom. The molecule has 2 rings (SSSR count). The number of nitrogens with zero attached hydrogens (tertiary/aromatic N) is 1. The normalized spacial score (nSPS) is 24.4. The second kappa shape index (κ2) is 4.52. The topological polar surface area (TPSA) is 90.0 Å². The molecule has 1 heterocycles. The highest BCUT2D eigenvalue weighted by atomic mass is 16.3. The molecule has 0 unspecified atom stereocenters. The van der Waals surface area contributed by atoms with Gasteiger partial charge in [0.05, 0.1) is 12.1 Å². The minimum Gasteiger partial charge on any atom is -0.391 e. The summed E-state index contributed by atoms with van der Waals surface area (Å²) < 4.78 is 0. The Hall–Kier alpha value is -1.56. The zero-order valence-electron chi connectivity index (χ0n) is 9.16. The van der Waals surface area contributed by atoms with Crippen LogP contribution in [0.15, 0.2) is 6.07 Å². The van der Waals surface area contributed by atoms with Crippen LogP contribution in [0.5, 0.6) is 0 Å². The summed E-state index contributed by atoms with van der Waals surface area (Å²) in [5.74, 6) is 0.400. The van der Waals surface area contributed by atoms with Crippen molar-refractivity contribution in [2.75, 3.05) is 12.4 Å². The number of H-pyrrole nitrogens is 1. The second-order valence-electron chi connectivity index (χ2n) is 4.00. The molecule has 1 aliphatic carbocycles. The minimum absolute atomic E-state index is 0.131. The minimum atomic E-state index is -0.421. The van der Waals surface area contributed by atoms with E-state index in [9.17, 15) is 9.90 Å². The van der Waals surface area contributed by atoms with Crippen molar-refractivity contribution in [1.29, 1.82) is 0 Å². The fourth-order valence-corrected chi connectivity index (χ4v) is 1.92. The number of anilines is 1. The Labute approximate surface area is 93.4 Å². The molecule has 88 valence electrons. The van der Waals surface area contributed by atoms with Gasteiger partial charge in [-0.25, -0.2) is 0 Å². The van der Waals surface area contributed by atoms with Crippen molar-refractivity contribution < 1.29 is 9.90 Å². The van der Waals surface area contributed by atoms with E-state index in [1.165, 1.54) is 0 Å². The molecule has 0 aromatic carbocycles. The smallest absolute Gasteiger partial charge is 0.269 e. The van der Waals surface area contributed by atoms with Crippen molar-refractivity contribution in [3.05, 3.63) is 11.8 Å². The molecule has 6 heteroatoms. The van der Waals surface area contributed by atoms with Gasteiger partial charge in [-0.05, 0) is 19.3 Å². The predicted molar refractivity (Wildman–Crippen MR) is 59.2 cm³/mol. The van der Waals surface area contributed by atoms with Gasteiger partial charge in [-0.15, -0.1) is 0 Å². The molecule has 0 saturated heterocycles. The van der Waals surface area contributed by atoms with Crippen molar-refractivity contribution in [1.82, 2.24) is 15.5 Å². The zero-order valence-corrected chi connectivity index (χ0v) is 9.16. The van der Waals surface area contributed by atoms with Crippen LogP contribution in [0.3, 0.4) is 0 Å². The maximum atomic E-state index is 11.8. The highest BCUT2D eigenvalue weighted by Crippen LogP contribution is 2.19. The van der Waals surface area contributed by atoms with E-state index in [0.717, 1.165) is 19.3 Å². The molecule has 4 N–H and O–H groups in total. The van der Waals surface area contributed by atoms with E-state index < -0.39 is 6.10 Å². The van der Waals surface area contributed by atoms with E-state index in [0.29, 0.717) is 11.5 Å². The number of aliphatic hydroxyl groups is 1. The van der Waals surface area contributed by atoms with E-state index >= 15 is 0 Å². The average molecular weight is 224 g/mol. The van der Waals surface area contributed by atoms with Gasteiger partial charge in [-0.1, -0.05) is 0 Å². The van der Waals surface area contributed by atoms with Gasteiger partial charge >= 0.3 is 0 Å². The van der Waals surface area contributed by atoms with Gasteiger partial charge in [0.25, 0.3) is 5.91 Å². The maximum absolute atomic E-state index is 11.8. The summed E-state index contributed by atoms with van der Waals surface area (Å²) in [6.07, 6.45) is 2.13. The lowest BCUT2D eigenvalue weighted by Crippen LogP contribution is -2.39. The molecule has 2 atom stereocenters. The summed E-state index contributed by atoms with van der Waals surface area (Å²) in [5.41, 5.74) is 0.406. The highest BCUT2D eigenvalue weighted by Gasteiger charge is 2.27. The number of amides is 1. The third-order valence-electron chi connectivity index (χ3n) is 2.87. The van der Waals surface area contributed by atoms with Crippen molar-refractivity contribution in [2.45, 2.75) is 31.4 Å². The summed E-state index contributed by atoms with van der Waals surface area (Å²) in [4.78, 5) is 11.8. The van der Waals surface area contributed by atoms with Crippen molar-refractivity contribution in [2.24, 2.45) is 0 Å². The van der Waals surface area contributed by atoms with Crippen molar-refractivity contribution >= 4 is 11.7 Å². The van der Waals surface area contributed by atoms with E-state index in [1.54, 1.807) is 13.1 Å². The van der Waals surface area contributed by atoms with Crippen LogP contribution in [-0.2, 0) is 0 Å². The van der Waals surface area contributed by atoms with Crippen molar-refractivity contribution in [3.8, 4) is 0 Å². The van der Waals surface area contributed by atoms with Crippen LogP contribution in [0.2, 0.25) is 0 Å². The quantitative estimate of drug-likeness (QED) is 0.586. The lowest BCUT2D eigenvalue weighted by molar-refractivity contribution is 0.0868. The molecule has 1 aliphatic rings. The van der Waals surface area contributed by atoms with Gasteiger partial charge in [0.1, 0.15) is 11.5 Å². The van der Waals surface area contributed by atoms with Crippen molar-refractivity contribution in [3.63, 3.8) is 0 Å². The Morgan fingerprint density at radius 2 is 2.44 bits per heavy atom. The van der Waals surface area contributed by atoms with Gasteiger partial charge in [0, 0.05) is 13.1 Å². The lowest BCUT2D eigenvalue weighted by atomic mass is 10.2. The Morgan fingerprint density at radius 1 is 1.62 bits per heavy atom.